The number of furan rings is 1. The Balaban J connectivity index is 1.76. The molecule has 3 rings (SSSR count). The van der Waals surface area contributed by atoms with E-state index in [2.05, 4.69) is 5.32 Å². The van der Waals surface area contributed by atoms with Crippen LogP contribution >= 0.6 is 0 Å². The minimum atomic E-state index is -0.507. The van der Waals surface area contributed by atoms with E-state index in [1.54, 1.807) is 36.2 Å². The molecular weight excluding hydrogens is 299 g/mol. The number of carbonyl (C=O) groups excluding carboxylic acids is 2. The number of hydrogen-bond donors (Lipinski definition) is 1. The summed E-state index contributed by atoms with van der Waals surface area (Å²) >= 11 is 0. The smallest absolute Gasteiger partial charge is 0.226 e. The topological polar surface area (TPSA) is 62.6 Å². The molecule has 5 nitrogen and oxygen atoms in total. The number of benzene rings is 1. The Morgan fingerprint density at radius 1 is 1.35 bits per heavy atom. The first kappa shape index (κ1) is 15.3. The van der Waals surface area contributed by atoms with Gasteiger partial charge in [-0.2, -0.15) is 0 Å². The van der Waals surface area contributed by atoms with Crippen molar-refractivity contribution in [3.63, 3.8) is 0 Å². The zero-order chi connectivity index (χ0) is 16.4. The molecule has 120 valence electrons. The molecule has 2 unspecified atom stereocenters. The average Bonchev–Trinajstić information content (AvgIpc) is 3.15. The lowest BCUT2D eigenvalue weighted by molar-refractivity contribution is -0.128. The second-order valence-corrected chi connectivity index (χ2v) is 5.61. The highest BCUT2D eigenvalue weighted by molar-refractivity contribution is 5.90. The second kappa shape index (κ2) is 6.24. The van der Waals surface area contributed by atoms with Gasteiger partial charge in [0.05, 0.1) is 24.8 Å². The van der Waals surface area contributed by atoms with Gasteiger partial charge < -0.3 is 14.6 Å². The van der Waals surface area contributed by atoms with Crippen LogP contribution in [-0.2, 0) is 16.1 Å². The Kier molecular flexibility index (Phi) is 4.14. The summed E-state index contributed by atoms with van der Waals surface area (Å²) in [5.74, 6) is -0.521. The summed E-state index contributed by atoms with van der Waals surface area (Å²) in [7, 11) is 1.66. The summed E-state index contributed by atoms with van der Waals surface area (Å²) < 4.78 is 18.3. The molecule has 0 bridgehead atoms. The minimum absolute atomic E-state index is 0.0996. The van der Waals surface area contributed by atoms with E-state index in [1.165, 1.54) is 18.4 Å². The summed E-state index contributed by atoms with van der Waals surface area (Å²) in [6.45, 7) is 0.274. The molecule has 1 N–H and O–H groups in total. The van der Waals surface area contributed by atoms with E-state index in [0.29, 0.717) is 5.76 Å². The Labute approximate surface area is 133 Å². The van der Waals surface area contributed by atoms with E-state index < -0.39 is 5.92 Å². The summed E-state index contributed by atoms with van der Waals surface area (Å²) in [4.78, 5) is 26.0. The summed E-state index contributed by atoms with van der Waals surface area (Å²) in [6, 6.07) is 9.02. The van der Waals surface area contributed by atoms with Gasteiger partial charge in [0.1, 0.15) is 11.6 Å². The number of amides is 2. The van der Waals surface area contributed by atoms with Gasteiger partial charge in [0, 0.05) is 13.5 Å². The van der Waals surface area contributed by atoms with Gasteiger partial charge in [-0.05, 0) is 29.8 Å². The van der Waals surface area contributed by atoms with Crippen molar-refractivity contribution in [1.82, 2.24) is 10.2 Å². The third-order valence-corrected chi connectivity index (χ3v) is 4.15. The Bertz CT molecular complexity index is 697. The zero-order valence-corrected chi connectivity index (χ0v) is 12.7. The van der Waals surface area contributed by atoms with E-state index >= 15 is 0 Å². The zero-order valence-electron chi connectivity index (χ0n) is 12.7. The van der Waals surface area contributed by atoms with Gasteiger partial charge in [0.2, 0.25) is 11.8 Å². The highest BCUT2D eigenvalue weighted by atomic mass is 19.1. The standard InChI is InChI=1S/C17H17FN2O3/c1-20-15(21)9-14(16(20)11-4-6-12(18)7-5-11)17(22)19-10-13-3-2-8-23-13/h2-8,14,16H,9-10H2,1H3,(H,19,22). The third-order valence-electron chi connectivity index (χ3n) is 4.15. The molecule has 1 aliphatic heterocycles. The summed E-state index contributed by atoms with van der Waals surface area (Å²) in [5.41, 5.74) is 0.748. The van der Waals surface area contributed by atoms with Gasteiger partial charge in [-0.25, -0.2) is 4.39 Å². The number of hydrogen-bond acceptors (Lipinski definition) is 3. The van der Waals surface area contributed by atoms with Crippen molar-refractivity contribution < 1.29 is 18.4 Å². The highest BCUT2D eigenvalue weighted by Crippen LogP contribution is 2.37. The maximum atomic E-state index is 13.1. The molecule has 23 heavy (non-hydrogen) atoms. The van der Waals surface area contributed by atoms with E-state index in [0.717, 1.165) is 5.56 Å². The number of halogens is 1. The van der Waals surface area contributed by atoms with Crippen molar-refractivity contribution in [2.75, 3.05) is 7.05 Å². The first-order valence-electron chi connectivity index (χ1n) is 7.37. The van der Waals surface area contributed by atoms with Crippen molar-refractivity contribution in [3.8, 4) is 0 Å². The Morgan fingerprint density at radius 3 is 2.74 bits per heavy atom. The van der Waals surface area contributed by atoms with Crippen LogP contribution in [0.1, 0.15) is 23.8 Å². The van der Waals surface area contributed by atoms with Crippen LogP contribution in [-0.4, -0.2) is 23.8 Å². The first-order chi connectivity index (χ1) is 11.1. The molecular formula is C17H17FN2O3. The molecule has 1 fully saturated rings. The van der Waals surface area contributed by atoms with E-state index in [4.69, 9.17) is 4.42 Å². The van der Waals surface area contributed by atoms with Crippen LogP contribution in [0.15, 0.2) is 47.1 Å². The van der Waals surface area contributed by atoms with Crippen molar-refractivity contribution in [2.24, 2.45) is 5.92 Å². The molecule has 0 saturated carbocycles. The molecule has 6 heteroatoms. The van der Waals surface area contributed by atoms with E-state index in [9.17, 15) is 14.0 Å². The first-order valence-corrected chi connectivity index (χ1v) is 7.37. The monoisotopic (exact) mass is 316 g/mol. The van der Waals surface area contributed by atoms with Crippen LogP contribution < -0.4 is 5.32 Å². The molecule has 2 amide bonds. The SMILES string of the molecule is CN1C(=O)CC(C(=O)NCc2ccco2)C1c1ccc(F)cc1. The van der Waals surface area contributed by atoms with Crippen LogP contribution in [0.2, 0.25) is 0 Å². The lowest BCUT2D eigenvalue weighted by atomic mass is 9.93. The van der Waals surface area contributed by atoms with Gasteiger partial charge >= 0.3 is 0 Å². The maximum absolute atomic E-state index is 13.1. The van der Waals surface area contributed by atoms with Crippen LogP contribution in [0.4, 0.5) is 4.39 Å². The molecule has 1 saturated heterocycles. The number of carbonyl (C=O) groups is 2. The highest BCUT2D eigenvalue weighted by Gasteiger charge is 2.42. The molecule has 2 heterocycles. The molecule has 0 aliphatic carbocycles. The fourth-order valence-corrected chi connectivity index (χ4v) is 2.94. The predicted octanol–water partition coefficient (Wildman–Crippen LogP) is 2.25. The van der Waals surface area contributed by atoms with Crippen LogP contribution in [0.25, 0.3) is 0 Å². The number of nitrogens with one attached hydrogen (secondary N) is 1. The predicted molar refractivity (Wildman–Crippen MR) is 80.6 cm³/mol. The molecule has 1 aromatic carbocycles. The van der Waals surface area contributed by atoms with Gasteiger partial charge in [-0.15, -0.1) is 0 Å². The molecule has 2 atom stereocenters. The Morgan fingerprint density at radius 2 is 2.09 bits per heavy atom. The number of likely N-dealkylation sites (tertiary alicyclic amines) is 1. The van der Waals surface area contributed by atoms with Crippen molar-refractivity contribution in [1.29, 1.82) is 0 Å². The van der Waals surface area contributed by atoms with Crippen molar-refractivity contribution >= 4 is 11.8 Å². The molecule has 1 aromatic heterocycles. The molecule has 0 radical (unpaired) electrons. The Hall–Kier alpha value is -2.63. The van der Waals surface area contributed by atoms with E-state index in [1.807, 2.05) is 0 Å². The van der Waals surface area contributed by atoms with Crippen molar-refractivity contribution in [3.05, 3.63) is 59.8 Å². The van der Waals surface area contributed by atoms with Crippen molar-refractivity contribution in [2.45, 2.75) is 19.0 Å². The maximum Gasteiger partial charge on any atom is 0.226 e. The van der Waals surface area contributed by atoms with Gasteiger partial charge in [0.15, 0.2) is 0 Å². The fourth-order valence-electron chi connectivity index (χ4n) is 2.94. The van der Waals surface area contributed by atoms with Gasteiger partial charge in [0.25, 0.3) is 0 Å². The minimum Gasteiger partial charge on any atom is -0.467 e. The summed E-state index contributed by atoms with van der Waals surface area (Å²) in [5, 5.41) is 2.79. The normalized spacial score (nSPS) is 20.8. The third kappa shape index (κ3) is 3.11. The van der Waals surface area contributed by atoms with E-state index in [-0.39, 0.29) is 36.6 Å². The average molecular weight is 316 g/mol. The molecule has 2 aromatic rings. The quantitative estimate of drug-likeness (QED) is 0.941. The van der Waals surface area contributed by atoms with Gasteiger partial charge in [-0.3, -0.25) is 9.59 Å². The lowest BCUT2D eigenvalue weighted by Gasteiger charge is -2.24. The van der Waals surface area contributed by atoms with Crippen LogP contribution in [0, 0.1) is 11.7 Å². The van der Waals surface area contributed by atoms with Crippen LogP contribution in [0.5, 0.6) is 0 Å². The molecule has 0 spiro atoms. The van der Waals surface area contributed by atoms with Gasteiger partial charge in [-0.1, -0.05) is 12.1 Å². The largest absolute Gasteiger partial charge is 0.467 e. The summed E-state index contributed by atoms with van der Waals surface area (Å²) in [6.07, 6.45) is 1.68. The second-order valence-electron chi connectivity index (χ2n) is 5.61. The molecule has 1 aliphatic rings. The number of rotatable bonds is 4. The fraction of sp³-hybridized carbons (Fsp3) is 0.294. The number of nitrogens with zero attached hydrogens (tertiary/aromatic N) is 1. The lowest BCUT2D eigenvalue weighted by Crippen LogP contribution is -2.34. The van der Waals surface area contributed by atoms with Crippen LogP contribution in [0.3, 0.4) is 0 Å².